The number of thiophene rings is 1. The van der Waals surface area contributed by atoms with Gasteiger partial charge < -0.3 is 0 Å². The normalized spacial score (nSPS) is 12.6. The fraction of sp³-hybridized carbons (Fsp3) is 0.0172. The number of fused-ring (bicyclic) bond motifs is 6. The summed E-state index contributed by atoms with van der Waals surface area (Å²) < 4.78 is 2.63. The molecule has 0 aliphatic heterocycles. The molecule has 0 bridgehead atoms. The van der Waals surface area contributed by atoms with Crippen molar-refractivity contribution in [2.45, 2.75) is 5.41 Å². The first kappa shape index (κ1) is 36.1. The molecule has 11 aromatic rings. The number of hydrogen-bond donors (Lipinski definition) is 0. The molecule has 0 fully saturated rings. The maximum Gasteiger partial charge on any atom is 0.164 e. The average Bonchev–Trinajstić information content (AvgIpc) is 3.89. The van der Waals surface area contributed by atoms with E-state index in [9.17, 15) is 0 Å². The number of rotatable bonds is 7. The lowest BCUT2D eigenvalue weighted by atomic mass is 9.67. The second kappa shape index (κ2) is 14.7. The third kappa shape index (κ3) is 5.83. The molecule has 9 aromatic carbocycles. The van der Waals surface area contributed by atoms with Crippen molar-refractivity contribution in [2.24, 2.45) is 0 Å². The zero-order valence-electron chi connectivity index (χ0n) is 33.6. The van der Waals surface area contributed by atoms with Gasteiger partial charge in [0.15, 0.2) is 17.5 Å². The highest BCUT2D eigenvalue weighted by Crippen LogP contribution is 2.56. The molecule has 1 aliphatic carbocycles. The first-order valence-corrected chi connectivity index (χ1v) is 21.8. The summed E-state index contributed by atoms with van der Waals surface area (Å²) in [6.07, 6.45) is 0. The van der Waals surface area contributed by atoms with E-state index in [0.717, 1.165) is 27.8 Å². The van der Waals surface area contributed by atoms with Crippen LogP contribution in [-0.4, -0.2) is 15.0 Å². The molecule has 0 saturated carbocycles. The molecule has 290 valence electrons. The van der Waals surface area contributed by atoms with Crippen LogP contribution in [0.25, 0.3) is 87.7 Å². The van der Waals surface area contributed by atoms with E-state index in [2.05, 4.69) is 206 Å². The van der Waals surface area contributed by atoms with Gasteiger partial charge in [0.2, 0.25) is 0 Å². The lowest BCUT2D eigenvalue weighted by Gasteiger charge is -2.34. The quantitative estimate of drug-likeness (QED) is 0.161. The minimum atomic E-state index is -0.528. The van der Waals surface area contributed by atoms with Crippen molar-refractivity contribution < 1.29 is 0 Å². The molecule has 12 rings (SSSR count). The largest absolute Gasteiger partial charge is 0.208 e. The Kier molecular flexibility index (Phi) is 8.58. The first-order chi connectivity index (χ1) is 30.7. The zero-order valence-corrected chi connectivity index (χ0v) is 34.4. The van der Waals surface area contributed by atoms with Gasteiger partial charge in [-0.15, -0.1) is 11.3 Å². The highest BCUT2D eigenvalue weighted by atomic mass is 32.1. The molecule has 0 atom stereocenters. The second-order valence-electron chi connectivity index (χ2n) is 15.9. The summed E-state index contributed by atoms with van der Waals surface area (Å²) in [5.74, 6) is 1.90. The Balaban J connectivity index is 0.968. The monoisotopic (exact) mass is 807 g/mol. The Hall–Kier alpha value is -7.79. The molecular weight excluding hydrogens is 771 g/mol. The zero-order chi connectivity index (χ0) is 41.0. The summed E-state index contributed by atoms with van der Waals surface area (Å²) >= 11 is 1.86. The van der Waals surface area contributed by atoms with Crippen LogP contribution in [0.1, 0.15) is 22.3 Å². The van der Waals surface area contributed by atoms with Crippen LogP contribution in [0.15, 0.2) is 224 Å². The van der Waals surface area contributed by atoms with E-state index >= 15 is 0 Å². The van der Waals surface area contributed by atoms with E-state index in [-0.39, 0.29) is 0 Å². The lowest BCUT2D eigenvalue weighted by molar-refractivity contribution is 0.768. The first-order valence-electron chi connectivity index (χ1n) is 21.0. The van der Waals surface area contributed by atoms with Crippen molar-refractivity contribution in [2.75, 3.05) is 0 Å². The van der Waals surface area contributed by atoms with Crippen molar-refractivity contribution in [3.8, 4) is 67.5 Å². The van der Waals surface area contributed by atoms with Crippen LogP contribution < -0.4 is 0 Å². The minimum Gasteiger partial charge on any atom is -0.208 e. The van der Waals surface area contributed by atoms with E-state index in [1.807, 2.05) is 29.5 Å². The summed E-state index contributed by atoms with van der Waals surface area (Å²) in [7, 11) is 0. The van der Waals surface area contributed by atoms with Gasteiger partial charge in [-0.1, -0.05) is 206 Å². The van der Waals surface area contributed by atoms with Gasteiger partial charge in [0.25, 0.3) is 0 Å². The molecule has 0 N–H and O–H groups in total. The van der Waals surface area contributed by atoms with Gasteiger partial charge in [0.05, 0.1) is 5.41 Å². The van der Waals surface area contributed by atoms with Crippen LogP contribution in [0.5, 0.6) is 0 Å². The molecule has 62 heavy (non-hydrogen) atoms. The number of aromatic nitrogens is 3. The van der Waals surface area contributed by atoms with Gasteiger partial charge in [0.1, 0.15) is 0 Å². The second-order valence-corrected chi connectivity index (χ2v) is 17.0. The summed E-state index contributed by atoms with van der Waals surface area (Å²) in [6.45, 7) is 0. The fourth-order valence-corrected chi connectivity index (χ4v) is 10.8. The molecule has 2 heterocycles. The topological polar surface area (TPSA) is 38.7 Å². The van der Waals surface area contributed by atoms with Gasteiger partial charge in [-0.25, -0.2) is 15.0 Å². The molecule has 0 unspecified atom stereocenters. The maximum absolute atomic E-state index is 5.25. The lowest BCUT2D eigenvalue weighted by Crippen LogP contribution is -2.28. The number of benzene rings is 9. The molecule has 0 amide bonds. The van der Waals surface area contributed by atoms with Crippen molar-refractivity contribution in [3.05, 3.63) is 247 Å². The van der Waals surface area contributed by atoms with E-state index in [4.69, 9.17) is 15.0 Å². The molecule has 0 spiro atoms. The molecule has 4 heteroatoms. The van der Waals surface area contributed by atoms with Gasteiger partial charge in [-0.2, -0.15) is 0 Å². The minimum absolute atomic E-state index is 0.528. The average molecular weight is 808 g/mol. The van der Waals surface area contributed by atoms with E-state index in [1.54, 1.807) is 0 Å². The number of nitrogens with zero attached hydrogens (tertiary/aromatic N) is 3. The Bertz CT molecular complexity index is 3410. The van der Waals surface area contributed by atoms with Crippen molar-refractivity contribution in [1.29, 1.82) is 0 Å². The summed E-state index contributed by atoms with van der Waals surface area (Å²) in [4.78, 5) is 15.5. The Labute approximate surface area is 364 Å². The van der Waals surface area contributed by atoms with Crippen molar-refractivity contribution >= 4 is 31.5 Å². The van der Waals surface area contributed by atoms with Crippen molar-refractivity contribution in [3.63, 3.8) is 0 Å². The fourth-order valence-electron chi connectivity index (χ4n) is 9.59. The van der Waals surface area contributed by atoms with Gasteiger partial charge in [-0.3, -0.25) is 0 Å². The van der Waals surface area contributed by atoms with E-state index < -0.39 is 5.41 Å². The van der Waals surface area contributed by atoms with Crippen LogP contribution in [0.2, 0.25) is 0 Å². The Morgan fingerprint density at radius 2 is 0.806 bits per heavy atom. The van der Waals surface area contributed by atoms with Crippen molar-refractivity contribution in [1.82, 2.24) is 15.0 Å². The molecule has 2 aromatic heterocycles. The number of hydrogen-bond acceptors (Lipinski definition) is 4. The standard InChI is InChI=1S/C58H37N3S/c1-4-16-39(17-5-1)55-59-56(40-32-30-38(31-33-40)41-18-14-19-42(36-41)46-26-15-27-50-49-25-11-13-29-53(49)62-54(46)50)61-57(60-55)43-34-35-48-47-24-10-12-28-51(47)58(52(48)37-43,44-20-6-2-7-21-44)45-22-8-3-9-23-45/h1-37H. The van der Waals surface area contributed by atoms with E-state index in [0.29, 0.717) is 17.5 Å². The summed E-state index contributed by atoms with van der Waals surface area (Å²) in [5, 5.41) is 2.62. The van der Waals surface area contributed by atoms with Crippen LogP contribution >= 0.6 is 11.3 Å². The van der Waals surface area contributed by atoms with E-state index in [1.165, 1.54) is 64.7 Å². The smallest absolute Gasteiger partial charge is 0.164 e. The van der Waals surface area contributed by atoms with Gasteiger partial charge >= 0.3 is 0 Å². The molecular formula is C58H37N3S. The van der Waals surface area contributed by atoms with Crippen LogP contribution in [0.4, 0.5) is 0 Å². The Morgan fingerprint density at radius 3 is 1.55 bits per heavy atom. The maximum atomic E-state index is 5.25. The van der Waals surface area contributed by atoms with Crippen LogP contribution in [-0.2, 0) is 5.41 Å². The highest BCUT2D eigenvalue weighted by molar-refractivity contribution is 7.26. The third-order valence-electron chi connectivity index (χ3n) is 12.4. The Morgan fingerprint density at radius 1 is 0.306 bits per heavy atom. The third-order valence-corrected chi connectivity index (χ3v) is 13.7. The SMILES string of the molecule is c1ccc(-c2nc(-c3ccc(-c4cccc(-c5cccc6c5sc5ccccc56)c4)cc3)nc(-c3ccc4c(c3)C(c3ccccc3)(c3ccccc3)c3ccccc3-4)n2)cc1. The predicted molar refractivity (Wildman–Crippen MR) is 257 cm³/mol. The highest BCUT2D eigenvalue weighted by Gasteiger charge is 2.46. The summed E-state index contributed by atoms with van der Waals surface area (Å²) in [6, 6.07) is 80.4. The van der Waals surface area contributed by atoms with Gasteiger partial charge in [0, 0.05) is 36.9 Å². The molecule has 0 radical (unpaired) electrons. The summed E-state index contributed by atoms with van der Waals surface area (Å²) in [5.41, 5.74) is 14.4. The van der Waals surface area contributed by atoms with Crippen LogP contribution in [0.3, 0.4) is 0 Å². The van der Waals surface area contributed by atoms with Crippen LogP contribution in [0, 0.1) is 0 Å². The molecule has 1 aliphatic rings. The molecule has 3 nitrogen and oxygen atoms in total. The molecule has 0 saturated heterocycles. The predicted octanol–water partition coefficient (Wildman–Crippen LogP) is 14.9. The van der Waals surface area contributed by atoms with Gasteiger partial charge in [-0.05, 0) is 73.8 Å².